The predicted molar refractivity (Wildman–Crippen MR) is 130 cm³/mol. The summed E-state index contributed by atoms with van der Waals surface area (Å²) in [6.07, 6.45) is 1.39. The van der Waals surface area contributed by atoms with Crippen molar-refractivity contribution in [2.45, 2.75) is 6.54 Å². The van der Waals surface area contributed by atoms with Crippen LogP contribution in [0.15, 0.2) is 77.9 Å². The summed E-state index contributed by atoms with van der Waals surface area (Å²) in [5, 5.41) is 14.0. The molecule has 7 heteroatoms. The molecule has 1 fully saturated rings. The summed E-state index contributed by atoms with van der Waals surface area (Å²) in [4.78, 5) is 17.2. The van der Waals surface area contributed by atoms with E-state index in [1.165, 1.54) is 24.6 Å². The Morgan fingerprint density at radius 3 is 2.42 bits per heavy atom. The Morgan fingerprint density at radius 1 is 1.00 bits per heavy atom. The number of ether oxygens (including phenoxy) is 1. The Bertz CT molecular complexity index is 1090. The Kier molecular flexibility index (Phi) is 7.22. The highest BCUT2D eigenvalue weighted by atomic mass is 16.5. The van der Waals surface area contributed by atoms with Crippen molar-refractivity contribution in [1.29, 1.82) is 0 Å². The van der Waals surface area contributed by atoms with Crippen LogP contribution in [-0.4, -0.2) is 55.4 Å². The highest BCUT2D eigenvalue weighted by Crippen LogP contribution is 2.27. The fourth-order valence-corrected chi connectivity index (χ4v) is 3.86. The summed E-state index contributed by atoms with van der Waals surface area (Å²) in [6, 6.07) is 23.2. The molecular formula is C26H28N4O3. The number of aromatic hydroxyl groups is 1. The lowest BCUT2D eigenvalue weighted by Crippen LogP contribution is -2.45. The van der Waals surface area contributed by atoms with Crippen LogP contribution in [0, 0.1) is 0 Å². The fraction of sp³-hybridized carbons (Fsp3) is 0.231. The molecule has 0 unspecified atom stereocenters. The van der Waals surface area contributed by atoms with E-state index < -0.39 is 0 Å². The summed E-state index contributed by atoms with van der Waals surface area (Å²) in [6.45, 7) is 4.88. The van der Waals surface area contributed by atoms with E-state index in [1.807, 2.05) is 30.3 Å². The van der Waals surface area contributed by atoms with Gasteiger partial charge in [0, 0.05) is 49.5 Å². The second-order valence-corrected chi connectivity index (χ2v) is 7.89. The van der Waals surface area contributed by atoms with Gasteiger partial charge in [-0.1, -0.05) is 36.4 Å². The van der Waals surface area contributed by atoms with Crippen molar-refractivity contribution in [2.75, 3.05) is 38.2 Å². The third kappa shape index (κ3) is 5.70. The lowest BCUT2D eigenvalue weighted by Gasteiger charge is -2.36. The Labute approximate surface area is 193 Å². The van der Waals surface area contributed by atoms with Gasteiger partial charge in [-0.25, -0.2) is 5.43 Å². The maximum Gasteiger partial charge on any atom is 0.271 e. The summed E-state index contributed by atoms with van der Waals surface area (Å²) in [5.41, 5.74) is 5.93. The van der Waals surface area contributed by atoms with E-state index in [4.69, 9.17) is 4.74 Å². The number of methoxy groups -OCH3 is 1. The number of benzene rings is 3. The molecule has 1 aliphatic rings. The van der Waals surface area contributed by atoms with E-state index in [2.05, 4.69) is 44.6 Å². The van der Waals surface area contributed by atoms with Gasteiger partial charge in [-0.2, -0.15) is 5.10 Å². The van der Waals surface area contributed by atoms with Crippen LogP contribution in [0.4, 0.5) is 5.69 Å². The number of nitrogens with one attached hydrogen (secondary N) is 1. The molecule has 0 aromatic heterocycles. The van der Waals surface area contributed by atoms with E-state index in [0.717, 1.165) is 32.7 Å². The maximum absolute atomic E-state index is 12.4. The van der Waals surface area contributed by atoms with E-state index in [0.29, 0.717) is 16.9 Å². The van der Waals surface area contributed by atoms with E-state index in [9.17, 15) is 9.90 Å². The van der Waals surface area contributed by atoms with Crippen molar-refractivity contribution < 1.29 is 14.6 Å². The van der Waals surface area contributed by atoms with E-state index in [1.54, 1.807) is 18.2 Å². The first kappa shape index (κ1) is 22.4. The number of hydrogen-bond donors (Lipinski definition) is 2. The summed E-state index contributed by atoms with van der Waals surface area (Å²) in [5.74, 6) is 0.0194. The number of phenols is 1. The first-order valence-corrected chi connectivity index (χ1v) is 10.9. The van der Waals surface area contributed by atoms with Crippen LogP contribution >= 0.6 is 0 Å². The Morgan fingerprint density at radius 2 is 1.73 bits per heavy atom. The second kappa shape index (κ2) is 10.7. The Hall–Kier alpha value is -3.84. The first-order chi connectivity index (χ1) is 16.1. The van der Waals surface area contributed by atoms with Gasteiger partial charge in [0.05, 0.1) is 13.3 Å². The third-order valence-electron chi connectivity index (χ3n) is 5.74. The van der Waals surface area contributed by atoms with Gasteiger partial charge in [-0.3, -0.25) is 9.69 Å². The molecule has 0 radical (unpaired) electrons. The van der Waals surface area contributed by atoms with Crippen LogP contribution < -0.4 is 15.1 Å². The normalized spacial score (nSPS) is 14.4. The van der Waals surface area contributed by atoms with Gasteiger partial charge >= 0.3 is 0 Å². The zero-order valence-corrected chi connectivity index (χ0v) is 18.6. The van der Waals surface area contributed by atoms with Gasteiger partial charge in [0.1, 0.15) is 0 Å². The van der Waals surface area contributed by atoms with Gasteiger partial charge in [-0.05, 0) is 42.0 Å². The lowest BCUT2D eigenvalue weighted by molar-refractivity contribution is 0.0955. The molecule has 3 aromatic rings. The van der Waals surface area contributed by atoms with Gasteiger partial charge < -0.3 is 14.7 Å². The average Bonchev–Trinajstić information content (AvgIpc) is 2.86. The molecule has 170 valence electrons. The van der Waals surface area contributed by atoms with Crippen LogP contribution in [0.5, 0.6) is 11.5 Å². The molecule has 1 saturated heterocycles. The number of piperazine rings is 1. The zero-order valence-electron chi connectivity index (χ0n) is 18.6. The summed E-state index contributed by atoms with van der Waals surface area (Å²) < 4.78 is 5.07. The SMILES string of the molecule is COc1cccc(/C=N\NC(=O)c2ccc(CN3CCN(c4ccccc4)CC3)cc2)c1O. The van der Waals surface area contributed by atoms with Crippen molar-refractivity contribution in [1.82, 2.24) is 10.3 Å². The number of hydrogen-bond acceptors (Lipinski definition) is 6. The van der Waals surface area contributed by atoms with Gasteiger partial charge in [-0.15, -0.1) is 0 Å². The molecule has 0 aliphatic carbocycles. The maximum atomic E-state index is 12.4. The molecule has 7 nitrogen and oxygen atoms in total. The fourth-order valence-electron chi connectivity index (χ4n) is 3.86. The van der Waals surface area contributed by atoms with E-state index >= 15 is 0 Å². The molecule has 0 saturated carbocycles. The van der Waals surface area contributed by atoms with Crippen molar-refractivity contribution in [3.63, 3.8) is 0 Å². The Balaban J connectivity index is 1.27. The standard InChI is InChI=1S/C26H28N4O3/c1-33-24-9-5-6-22(25(24)31)18-27-28-26(32)21-12-10-20(11-13-21)19-29-14-16-30(17-15-29)23-7-3-2-4-8-23/h2-13,18,31H,14-17,19H2,1H3,(H,28,32)/b27-18-. The van der Waals surface area contributed by atoms with E-state index in [-0.39, 0.29) is 11.7 Å². The highest BCUT2D eigenvalue weighted by molar-refractivity contribution is 5.95. The number of nitrogens with zero attached hydrogens (tertiary/aromatic N) is 3. The number of phenolic OH excluding ortho intramolecular Hbond substituents is 1. The smallest absolute Gasteiger partial charge is 0.271 e. The second-order valence-electron chi connectivity index (χ2n) is 7.89. The summed E-state index contributed by atoms with van der Waals surface area (Å²) >= 11 is 0. The van der Waals surface area contributed by atoms with Crippen LogP contribution in [0.1, 0.15) is 21.5 Å². The highest BCUT2D eigenvalue weighted by Gasteiger charge is 2.17. The van der Waals surface area contributed by atoms with Crippen LogP contribution in [0.25, 0.3) is 0 Å². The quantitative estimate of drug-likeness (QED) is 0.431. The number of rotatable bonds is 7. The molecule has 0 spiro atoms. The molecule has 3 aromatic carbocycles. The average molecular weight is 445 g/mol. The molecular weight excluding hydrogens is 416 g/mol. The number of hydrazone groups is 1. The molecule has 0 atom stereocenters. The minimum absolute atomic E-state index is 0.0213. The molecule has 0 bridgehead atoms. The molecule has 1 heterocycles. The van der Waals surface area contributed by atoms with Crippen LogP contribution in [0.2, 0.25) is 0 Å². The van der Waals surface area contributed by atoms with Crippen LogP contribution in [0.3, 0.4) is 0 Å². The minimum Gasteiger partial charge on any atom is -0.504 e. The molecule has 33 heavy (non-hydrogen) atoms. The number of carbonyl (C=O) groups excluding carboxylic acids is 1. The number of anilines is 1. The first-order valence-electron chi connectivity index (χ1n) is 10.9. The van der Waals surface area contributed by atoms with Gasteiger partial charge in [0.15, 0.2) is 11.5 Å². The van der Waals surface area contributed by atoms with Crippen LogP contribution in [-0.2, 0) is 6.54 Å². The predicted octanol–water partition coefficient (Wildman–Crippen LogP) is 3.49. The van der Waals surface area contributed by atoms with Gasteiger partial charge in [0.25, 0.3) is 5.91 Å². The number of carbonyl (C=O) groups is 1. The molecule has 4 rings (SSSR count). The van der Waals surface area contributed by atoms with Crippen molar-refractivity contribution in [2.24, 2.45) is 5.10 Å². The topological polar surface area (TPSA) is 77.4 Å². The third-order valence-corrected chi connectivity index (χ3v) is 5.74. The summed E-state index contributed by atoms with van der Waals surface area (Å²) in [7, 11) is 1.48. The lowest BCUT2D eigenvalue weighted by atomic mass is 10.1. The number of para-hydroxylation sites is 2. The monoisotopic (exact) mass is 444 g/mol. The van der Waals surface area contributed by atoms with Crippen molar-refractivity contribution in [3.05, 3.63) is 89.5 Å². The van der Waals surface area contributed by atoms with Gasteiger partial charge in [0.2, 0.25) is 0 Å². The molecule has 2 N–H and O–H groups in total. The van der Waals surface area contributed by atoms with Crippen molar-refractivity contribution in [3.8, 4) is 11.5 Å². The number of amides is 1. The largest absolute Gasteiger partial charge is 0.504 e. The minimum atomic E-state index is -0.309. The van der Waals surface area contributed by atoms with Crippen molar-refractivity contribution >= 4 is 17.8 Å². The molecule has 1 aliphatic heterocycles. The zero-order chi connectivity index (χ0) is 23.0. The molecule has 1 amide bonds.